The van der Waals surface area contributed by atoms with E-state index in [4.69, 9.17) is 9.84 Å². The fourth-order valence-electron chi connectivity index (χ4n) is 3.17. The first-order chi connectivity index (χ1) is 10.6. The van der Waals surface area contributed by atoms with Gasteiger partial charge in [-0.05, 0) is 36.3 Å². The van der Waals surface area contributed by atoms with Crippen molar-refractivity contribution in [2.75, 3.05) is 26.3 Å². The van der Waals surface area contributed by atoms with Crippen molar-refractivity contribution in [2.24, 2.45) is 5.92 Å². The Kier molecular flexibility index (Phi) is 4.74. The average Bonchev–Trinajstić information content (AvgIpc) is 3.32. The Morgan fingerprint density at radius 1 is 1.36 bits per heavy atom. The number of rotatable bonds is 6. The maximum Gasteiger partial charge on any atom is 0.303 e. The van der Waals surface area contributed by atoms with Gasteiger partial charge in [-0.15, -0.1) is 0 Å². The van der Waals surface area contributed by atoms with Crippen LogP contribution in [-0.4, -0.2) is 42.3 Å². The lowest BCUT2D eigenvalue weighted by Crippen LogP contribution is -2.35. The zero-order valence-corrected chi connectivity index (χ0v) is 12.6. The van der Waals surface area contributed by atoms with Crippen molar-refractivity contribution in [3.05, 3.63) is 35.1 Å². The molecule has 3 rings (SSSR count). The van der Waals surface area contributed by atoms with Crippen molar-refractivity contribution in [1.82, 2.24) is 4.90 Å². The van der Waals surface area contributed by atoms with E-state index in [-0.39, 0.29) is 18.2 Å². The normalized spacial score (nSPS) is 20.8. The fraction of sp³-hybridized carbons (Fsp3) is 0.588. The van der Waals surface area contributed by atoms with Crippen LogP contribution in [0.5, 0.6) is 0 Å². The van der Waals surface area contributed by atoms with Gasteiger partial charge in [0.2, 0.25) is 0 Å². The number of aliphatic carboxylic acids is 1. The number of carbonyl (C=O) groups is 1. The van der Waals surface area contributed by atoms with Crippen LogP contribution in [0.2, 0.25) is 0 Å². The maximum atomic E-state index is 14.4. The van der Waals surface area contributed by atoms with Crippen LogP contribution in [0.15, 0.2) is 18.2 Å². The third-order valence-corrected chi connectivity index (χ3v) is 4.59. The summed E-state index contributed by atoms with van der Waals surface area (Å²) in [6.45, 7) is 3.63. The molecule has 0 spiro atoms. The molecule has 1 atom stereocenters. The minimum atomic E-state index is -0.810. The van der Waals surface area contributed by atoms with E-state index in [1.807, 2.05) is 12.1 Å². The van der Waals surface area contributed by atoms with Crippen molar-refractivity contribution in [3.8, 4) is 0 Å². The first kappa shape index (κ1) is 15.4. The van der Waals surface area contributed by atoms with Crippen LogP contribution < -0.4 is 0 Å². The average molecular weight is 307 g/mol. The Bertz CT molecular complexity index is 539. The van der Waals surface area contributed by atoms with Crippen molar-refractivity contribution in [1.29, 1.82) is 0 Å². The highest BCUT2D eigenvalue weighted by Crippen LogP contribution is 2.44. The summed E-state index contributed by atoms with van der Waals surface area (Å²) in [5, 5.41) is 9.05. The second kappa shape index (κ2) is 6.75. The molecule has 0 aromatic heterocycles. The third-order valence-electron chi connectivity index (χ3n) is 4.59. The van der Waals surface area contributed by atoms with Crippen LogP contribution >= 0.6 is 0 Å². The highest BCUT2D eigenvalue weighted by atomic mass is 19.1. The quantitative estimate of drug-likeness (QED) is 0.878. The molecule has 1 aromatic rings. The lowest BCUT2D eigenvalue weighted by Gasteiger charge is -2.27. The van der Waals surface area contributed by atoms with Gasteiger partial charge in [0.25, 0.3) is 0 Å². The number of hydrogen-bond donors (Lipinski definition) is 1. The minimum Gasteiger partial charge on any atom is -0.481 e. The van der Waals surface area contributed by atoms with Gasteiger partial charge in [-0.2, -0.15) is 0 Å². The molecule has 0 bridgehead atoms. The van der Waals surface area contributed by atoms with Gasteiger partial charge in [0.1, 0.15) is 5.82 Å². The van der Waals surface area contributed by atoms with E-state index in [2.05, 4.69) is 4.90 Å². The topological polar surface area (TPSA) is 49.8 Å². The predicted octanol–water partition coefficient (Wildman–Crippen LogP) is 2.63. The van der Waals surface area contributed by atoms with Crippen LogP contribution in [0.1, 0.15) is 36.3 Å². The SMILES string of the molecule is O=C(O)CC(c1ccc(CN2CCOCC2)c(F)c1)C1CC1. The first-order valence-electron chi connectivity index (χ1n) is 7.93. The van der Waals surface area contributed by atoms with Crippen LogP contribution in [0.25, 0.3) is 0 Å². The summed E-state index contributed by atoms with van der Waals surface area (Å²) in [6.07, 6.45) is 2.19. The predicted molar refractivity (Wildman–Crippen MR) is 80.2 cm³/mol. The number of hydrogen-bond acceptors (Lipinski definition) is 3. The first-order valence-corrected chi connectivity index (χ1v) is 7.93. The standard InChI is InChI=1S/C17H22FNO3/c18-16-9-13(15(10-17(20)21)12-1-2-12)3-4-14(16)11-19-5-7-22-8-6-19/h3-4,9,12,15H,1-2,5-8,10-11H2,(H,20,21). The smallest absolute Gasteiger partial charge is 0.303 e. The molecule has 0 amide bonds. The molecule has 120 valence electrons. The summed E-state index contributed by atoms with van der Waals surface area (Å²) in [6, 6.07) is 5.27. The number of halogens is 1. The molecule has 5 heteroatoms. The van der Waals surface area contributed by atoms with Crippen LogP contribution in [0.3, 0.4) is 0 Å². The lowest BCUT2D eigenvalue weighted by atomic mass is 9.90. The van der Waals surface area contributed by atoms with Crippen molar-refractivity contribution >= 4 is 5.97 Å². The number of ether oxygens (including phenoxy) is 1. The molecule has 2 aliphatic rings. The molecule has 1 aliphatic carbocycles. The van der Waals surface area contributed by atoms with E-state index in [0.717, 1.165) is 31.5 Å². The van der Waals surface area contributed by atoms with Crippen LogP contribution in [0, 0.1) is 11.7 Å². The monoisotopic (exact) mass is 307 g/mol. The number of carboxylic acid groups (broad SMARTS) is 1. The Morgan fingerprint density at radius 3 is 2.68 bits per heavy atom. The van der Waals surface area contributed by atoms with E-state index in [0.29, 0.717) is 31.2 Å². The lowest BCUT2D eigenvalue weighted by molar-refractivity contribution is -0.137. The molecular formula is C17H22FNO3. The number of nitrogens with zero attached hydrogens (tertiary/aromatic N) is 1. The molecule has 1 N–H and O–H groups in total. The summed E-state index contributed by atoms with van der Waals surface area (Å²) >= 11 is 0. The van der Waals surface area contributed by atoms with Crippen LogP contribution in [-0.2, 0) is 16.1 Å². The van der Waals surface area contributed by atoms with Gasteiger partial charge < -0.3 is 9.84 Å². The van der Waals surface area contributed by atoms with Crippen molar-refractivity contribution in [2.45, 2.75) is 31.7 Å². The molecule has 1 unspecified atom stereocenters. The molecule has 22 heavy (non-hydrogen) atoms. The largest absolute Gasteiger partial charge is 0.481 e. The van der Waals surface area contributed by atoms with E-state index >= 15 is 0 Å². The Labute approximate surface area is 129 Å². The van der Waals surface area contributed by atoms with Crippen LogP contribution in [0.4, 0.5) is 4.39 Å². The minimum absolute atomic E-state index is 0.0514. The van der Waals surface area contributed by atoms with Crippen molar-refractivity contribution in [3.63, 3.8) is 0 Å². The Hall–Kier alpha value is -1.46. The molecule has 1 aliphatic heterocycles. The third kappa shape index (κ3) is 3.84. The summed E-state index contributed by atoms with van der Waals surface area (Å²) in [5.74, 6) is -0.681. The van der Waals surface area contributed by atoms with E-state index in [1.54, 1.807) is 6.07 Å². The molecule has 4 nitrogen and oxygen atoms in total. The molecule has 1 saturated heterocycles. The molecular weight excluding hydrogens is 285 g/mol. The molecule has 1 heterocycles. The molecule has 1 saturated carbocycles. The molecule has 2 fully saturated rings. The van der Waals surface area contributed by atoms with Crippen molar-refractivity contribution < 1.29 is 19.0 Å². The van der Waals surface area contributed by atoms with Gasteiger partial charge in [-0.1, -0.05) is 12.1 Å². The van der Waals surface area contributed by atoms with E-state index in [9.17, 15) is 9.18 Å². The maximum absolute atomic E-state index is 14.4. The van der Waals surface area contributed by atoms with Gasteiger partial charge in [0.15, 0.2) is 0 Å². The zero-order valence-electron chi connectivity index (χ0n) is 12.6. The van der Waals surface area contributed by atoms with Gasteiger partial charge in [0, 0.05) is 25.2 Å². The van der Waals surface area contributed by atoms with Gasteiger partial charge in [-0.3, -0.25) is 9.69 Å². The van der Waals surface area contributed by atoms with E-state index < -0.39 is 5.97 Å². The zero-order chi connectivity index (χ0) is 15.5. The summed E-state index contributed by atoms with van der Waals surface area (Å²) in [7, 11) is 0. The second-order valence-corrected chi connectivity index (χ2v) is 6.28. The molecule has 1 aromatic carbocycles. The summed E-state index contributed by atoms with van der Waals surface area (Å²) < 4.78 is 19.7. The fourth-order valence-corrected chi connectivity index (χ4v) is 3.17. The van der Waals surface area contributed by atoms with Gasteiger partial charge in [-0.25, -0.2) is 4.39 Å². The highest BCUT2D eigenvalue weighted by molar-refractivity contribution is 5.68. The van der Waals surface area contributed by atoms with Gasteiger partial charge in [0.05, 0.1) is 19.6 Å². The summed E-state index contributed by atoms with van der Waals surface area (Å²) in [4.78, 5) is 13.2. The Morgan fingerprint density at radius 2 is 2.09 bits per heavy atom. The second-order valence-electron chi connectivity index (χ2n) is 6.28. The number of carboxylic acids is 1. The van der Waals surface area contributed by atoms with Gasteiger partial charge >= 0.3 is 5.97 Å². The highest BCUT2D eigenvalue weighted by Gasteiger charge is 2.34. The number of benzene rings is 1. The Balaban J connectivity index is 1.71. The number of morpholine rings is 1. The summed E-state index contributed by atoms with van der Waals surface area (Å²) in [5.41, 5.74) is 1.50. The van der Waals surface area contributed by atoms with E-state index in [1.165, 1.54) is 0 Å². The molecule has 0 radical (unpaired) electrons.